The van der Waals surface area contributed by atoms with E-state index < -0.39 is 30.0 Å². The van der Waals surface area contributed by atoms with Gasteiger partial charge in [0.05, 0.1) is 0 Å². The van der Waals surface area contributed by atoms with E-state index >= 15 is 0 Å². The lowest BCUT2D eigenvalue weighted by molar-refractivity contribution is 0.301. The van der Waals surface area contributed by atoms with Gasteiger partial charge in [-0.05, 0) is 77.0 Å². The van der Waals surface area contributed by atoms with E-state index in [0.717, 1.165) is 91.6 Å². The maximum atomic E-state index is 6.65. The fourth-order valence-corrected chi connectivity index (χ4v) is 30.0. The third-order valence-electron chi connectivity index (χ3n) is 12.0. The molecule has 0 radical (unpaired) electrons. The first kappa shape index (κ1) is 38.9. The van der Waals surface area contributed by atoms with Crippen LogP contribution >= 0.6 is 30.0 Å². The first-order valence-electron chi connectivity index (χ1n) is 21.2. The zero-order valence-electron chi connectivity index (χ0n) is 31.9. The molecule has 2 N–H and O–H groups in total. The van der Waals surface area contributed by atoms with Crippen LogP contribution in [0.15, 0.2) is 18.1 Å². The minimum Gasteiger partial charge on any atom is -0.254 e. The van der Waals surface area contributed by atoms with Crippen molar-refractivity contribution < 1.29 is 0 Å². The Morgan fingerprint density at radius 1 is 0.320 bits per heavy atom. The highest BCUT2D eigenvalue weighted by Crippen LogP contribution is 2.82. The maximum Gasteiger partial charge on any atom is 0.221 e. The van der Waals surface area contributed by atoms with Gasteiger partial charge in [0.25, 0.3) is 0 Å². The number of hydrogen-bond donors (Lipinski definition) is 2. The summed E-state index contributed by atoms with van der Waals surface area (Å²) in [6, 6.07) is 0. The van der Waals surface area contributed by atoms with E-state index in [1.807, 2.05) is 0 Å². The molecule has 16 heteroatoms. The molecule has 0 aromatic rings. The largest absolute Gasteiger partial charge is 0.254 e. The number of hydrogen-bond acceptors (Lipinski definition) is 12. The van der Waals surface area contributed by atoms with Gasteiger partial charge in [-0.3, -0.25) is 10.2 Å². The van der Waals surface area contributed by atoms with Crippen molar-refractivity contribution in [1.29, 1.82) is 0 Å². The molecule has 7 aliphatic heterocycles. The van der Waals surface area contributed by atoms with Crippen molar-refractivity contribution in [2.24, 2.45) is 18.1 Å². The summed E-state index contributed by atoms with van der Waals surface area (Å²) in [5.74, 6) is 0. The van der Waals surface area contributed by atoms with E-state index in [0.29, 0.717) is 0 Å². The van der Waals surface area contributed by atoms with Crippen LogP contribution in [-0.2, 0) is 0 Å². The van der Waals surface area contributed by atoms with Gasteiger partial charge in [-0.2, -0.15) is 18.1 Å². The summed E-state index contributed by atoms with van der Waals surface area (Å²) >= 11 is 0. The molecule has 7 heterocycles. The summed E-state index contributed by atoms with van der Waals surface area (Å²) in [6.45, 7) is 19.6. The van der Waals surface area contributed by atoms with Gasteiger partial charge in [0.1, 0.15) is 0 Å². The van der Waals surface area contributed by atoms with Crippen LogP contribution in [0.1, 0.15) is 129 Å². The molecule has 0 saturated carbocycles. The van der Waals surface area contributed by atoms with Gasteiger partial charge >= 0.3 is 0 Å². The molecule has 50 heavy (non-hydrogen) atoms. The molecular weight excluding hydrogens is 700 g/mol. The van der Waals surface area contributed by atoms with Crippen molar-refractivity contribution in [2.75, 3.05) is 91.6 Å². The highest BCUT2D eigenvalue weighted by atomic mass is 31.3. The van der Waals surface area contributed by atoms with E-state index in [1.165, 1.54) is 116 Å². The standard InChI is InChI=1S/C34H72N12P4/c1-3-35-47(41-23-11-5-12-24-41)37-49(43-27-15-7-16-28-43,44-29-17-8-18-30-44)39-48(36-4-2,42-25-13-6-14-26-42)40-50(38-47,45-31-19-9-20-32-45)46-33-21-10-22-34-46/h35-36H,3-34H2,1-2H3. The van der Waals surface area contributed by atoms with Gasteiger partial charge in [0, 0.05) is 91.6 Å². The van der Waals surface area contributed by atoms with Crippen molar-refractivity contribution >= 4 is 30.0 Å². The van der Waals surface area contributed by atoms with Gasteiger partial charge in [0.15, 0.2) is 0 Å². The average molecular weight is 773 g/mol. The Kier molecular flexibility index (Phi) is 14.0. The third kappa shape index (κ3) is 8.10. The molecule has 0 bridgehead atoms. The molecule has 7 rings (SSSR count). The van der Waals surface area contributed by atoms with Crippen molar-refractivity contribution in [1.82, 2.24) is 38.2 Å². The second kappa shape index (κ2) is 18.0. The smallest absolute Gasteiger partial charge is 0.221 e. The average Bonchev–Trinajstić information content (AvgIpc) is 3.19. The minimum atomic E-state index is -2.61. The predicted octanol–water partition coefficient (Wildman–Crippen LogP) is 9.92. The topological polar surface area (TPSA) is 92.9 Å². The Morgan fingerprint density at radius 3 is 0.760 bits per heavy atom. The molecule has 0 amide bonds. The van der Waals surface area contributed by atoms with Gasteiger partial charge < -0.3 is 0 Å². The number of nitrogens with zero attached hydrogens (tertiary/aromatic N) is 10. The molecule has 0 aromatic carbocycles. The molecule has 6 fully saturated rings. The lowest BCUT2D eigenvalue weighted by Crippen LogP contribution is -2.41. The predicted molar refractivity (Wildman–Crippen MR) is 217 cm³/mol. The zero-order chi connectivity index (χ0) is 34.3. The summed E-state index contributed by atoms with van der Waals surface area (Å²) < 4.78 is 43.6. The molecule has 12 nitrogen and oxygen atoms in total. The van der Waals surface area contributed by atoms with Crippen molar-refractivity contribution in [3.05, 3.63) is 0 Å². The summed E-state index contributed by atoms with van der Waals surface area (Å²) in [4.78, 5) is 0. The SMILES string of the molecule is CCNP1(N2CCCCC2)=NP(N2CCCCC2)(N2CCCCC2)=NP(NCC)(N2CCCCC2)=NP(N2CCCCC2)(N2CCCCC2)=N1. The summed E-state index contributed by atoms with van der Waals surface area (Å²) in [6.07, 6.45) is 22.9. The normalized spacial score (nSPS) is 34.8. The highest BCUT2D eigenvalue weighted by molar-refractivity contribution is 7.83. The Bertz CT molecular complexity index is 1170. The van der Waals surface area contributed by atoms with Crippen LogP contribution in [0, 0.1) is 0 Å². The van der Waals surface area contributed by atoms with Crippen LogP contribution < -0.4 is 10.2 Å². The lowest BCUT2D eigenvalue weighted by atomic mass is 10.2. The Hall–Kier alpha value is 0.600. The molecule has 6 saturated heterocycles. The number of rotatable bonds is 10. The molecule has 0 aromatic heterocycles. The van der Waals surface area contributed by atoms with E-state index in [9.17, 15) is 0 Å². The zero-order valence-corrected chi connectivity index (χ0v) is 35.5. The van der Waals surface area contributed by atoms with E-state index in [-0.39, 0.29) is 0 Å². The van der Waals surface area contributed by atoms with Gasteiger partial charge in [0.2, 0.25) is 30.0 Å². The fourth-order valence-electron chi connectivity index (χ4n) is 9.42. The Morgan fingerprint density at radius 2 is 0.540 bits per heavy atom. The van der Waals surface area contributed by atoms with Crippen molar-refractivity contribution in [2.45, 2.75) is 129 Å². The van der Waals surface area contributed by atoms with Crippen LogP contribution in [0.2, 0.25) is 0 Å². The van der Waals surface area contributed by atoms with Crippen LogP contribution in [-0.4, -0.2) is 120 Å². The van der Waals surface area contributed by atoms with Crippen molar-refractivity contribution in [3.63, 3.8) is 0 Å². The molecule has 2 atom stereocenters. The molecule has 0 spiro atoms. The van der Waals surface area contributed by atoms with E-state index in [2.05, 4.69) is 52.0 Å². The van der Waals surface area contributed by atoms with Crippen LogP contribution in [0.25, 0.3) is 0 Å². The van der Waals surface area contributed by atoms with Crippen LogP contribution in [0.3, 0.4) is 0 Å². The molecule has 0 aliphatic carbocycles. The summed E-state index contributed by atoms with van der Waals surface area (Å²) in [5.41, 5.74) is 0. The quantitative estimate of drug-likeness (QED) is 0.212. The summed E-state index contributed by atoms with van der Waals surface area (Å²) in [7, 11) is -10.4. The monoisotopic (exact) mass is 772 g/mol. The highest BCUT2D eigenvalue weighted by Gasteiger charge is 2.50. The Balaban J connectivity index is 1.62. The number of nitrogens with one attached hydrogen (secondary N) is 2. The molecule has 7 aliphatic rings. The Labute approximate surface area is 306 Å². The van der Waals surface area contributed by atoms with Gasteiger partial charge in [-0.1, -0.05) is 52.4 Å². The van der Waals surface area contributed by atoms with Gasteiger partial charge in [-0.15, -0.1) is 0 Å². The van der Waals surface area contributed by atoms with Crippen LogP contribution in [0.4, 0.5) is 0 Å². The van der Waals surface area contributed by atoms with Gasteiger partial charge in [-0.25, -0.2) is 28.0 Å². The van der Waals surface area contributed by atoms with E-state index in [1.54, 1.807) is 0 Å². The number of piperidine rings is 6. The van der Waals surface area contributed by atoms with Crippen LogP contribution in [0.5, 0.6) is 0 Å². The van der Waals surface area contributed by atoms with E-state index in [4.69, 9.17) is 18.1 Å². The minimum absolute atomic E-state index is 0.886. The second-order valence-electron chi connectivity index (χ2n) is 15.7. The summed E-state index contributed by atoms with van der Waals surface area (Å²) in [5, 5.41) is 8.50. The first-order valence-corrected chi connectivity index (χ1v) is 27.7. The first-order chi connectivity index (χ1) is 24.6. The third-order valence-corrected chi connectivity index (χ3v) is 28.3. The molecule has 2 unspecified atom stereocenters. The second-order valence-corrected chi connectivity index (χ2v) is 27.0. The maximum absolute atomic E-state index is 6.65. The molecular formula is C34H72N12P4. The fraction of sp³-hybridized carbons (Fsp3) is 1.00. The molecule has 288 valence electrons. The van der Waals surface area contributed by atoms with Crippen molar-refractivity contribution in [3.8, 4) is 0 Å². The lowest BCUT2D eigenvalue weighted by Gasteiger charge is -2.52.